The number of carbonyl (C=O) groups is 2. The molecule has 0 spiro atoms. The molecule has 11 heavy (non-hydrogen) atoms. The van der Waals surface area contributed by atoms with Gasteiger partial charge < -0.3 is 0 Å². The Hall–Kier alpha value is -1.94. The van der Waals surface area contributed by atoms with Crippen molar-refractivity contribution in [3.63, 3.8) is 0 Å². The smallest absolute Gasteiger partial charge is 0.281 e. The molecule has 0 saturated carbocycles. The molecule has 0 saturated heterocycles. The van der Waals surface area contributed by atoms with Crippen LogP contribution in [0, 0.1) is 0 Å². The summed E-state index contributed by atoms with van der Waals surface area (Å²) >= 11 is 0. The maximum absolute atomic E-state index is 10.7. The van der Waals surface area contributed by atoms with Crippen LogP contribution in [0.1, 0.15) is 0 Å². The fourth-order valence-corrected chi connectivity index (χ4v) is 0.478. The summed E-state index contributed by atoms with van der Waals surface area (Å²) in [6.07, 6.45) is 2.05. The number of hydrogen-bond acceptors (Lipinski definition) is 5. The van der Waals surface area contributed by atoms with Crippen LogP contribution in [0.25, 0.3) is 0 Å². The molecule has 0 aromatic carbocycles. The Bertz CT molecular complexity index is 322. The molecule has 1 amide bonds. The van der Waals surface area contributed by atoms with Gasteiger partial charge in [-0.2, -0.15) is 10.1 Å². The minimum Gasteiger partial charge on any atom is -0.281 e. The largest absolute Gasteiger partial charge is 0.338 e. The third kappa shape index (κ3) is 1.31. The Morgan fingerprint density at radius 2 is 2.18 bits per heavy atom. The van der Waals surface area contributed by atoms with Crippen molar-refractivity contribution in [3.8, 4) is 0 Å². The number of rotatable bonds is 1. The topological polar surface area (TPSA) is 88.3 Å². The van der Waals surface area contributed by atoms with E-state index in [1.54, 1.807) is 0 Å². The number of nitrogens with zero attached hydrogens (tertiary/aromatic N) is 3. The monoisotopic (exact) mass is 151 g/mol. The van der Waals surface area contributed by atoms with Gasteiger partial charge >= 0.3 is 5.91 Å². The Labute approximate surface area is 60.3 Å². The number of isocyanates is 1. The molecule has 1 rings (SSSR count). The second-order valence-corrected chi connectivity index (χ2v) is 1.57. The Balaban J connectivity index is 3.05. The molecule has 1 heterocycles. The molecule has 6 nitrogen and oxygen atoms in total. The van der Waals surface area contributed by atoms with Crippen molar-refractivity contribution in [1.29, 1.82) is 0 Å². The van der Waals surface area contributed by atoms with Gasteiger partial charge in [0.15, 0.2) is 0 Å². The molecule has 54 valence electrons. The fourth-order valence-electron chi connectivity index (χ4n) is 0.478. The van der Waals surface area contributed by atoms with Crippen molar-refractivity contribution in [3.05, 3.63) is 11.9 Å². The second kappa shape index (κ2) is 2.76. The average molecular weight is 151 g/mol. The normalized spacial score (nSPS) is 15.8. The fraction of sp³-hybridized carbons (Fsp3) is 0. The van der Waals surface area contributed by atoms with Crippen LogP contribution in [0.5, 0.6) is 0 Å². The summed E-state index contributed by atoms with van der Waals surface area (Å²) in [5, 5.41) is 6.04. The highest BCUT2D eigenvalue weighted by atomic mass is 16.2. The lowest BCUT2D eigenvalue weighted by molar-refractivity contribution is -0.134. The first-order chi connectivity index (χ1) is 5.25. The molecular weight excluding hydrogens is 150 g/mol. The summed E-state index contributed by atoms with van der Waals surface area (Å²) in [5.41, 5.74) is -0.333. The first-order valence-corrected chi connectivity index (χ1v) is 2.53. The lowest BCUT2D eigenvalue weighted by atomic mass is 10.3. The summed E-state index contributed by atoms with van der Waals surface area (Å²) in [6, 6.07) is 0. The van der Waals surface area contributed by atoms with Gasteiger partial charge in [-0.05, 0) is 0 Å². The predicted octanol–water partition coefficient (Wildman–Crippen LogP) is -0.275. The van der Waals surface area contributed by atoms with Crippen LogP contribution in [-0.4, -0.2) is 17.8 Å². The molecule has 0 N–H and O–H groups in total. The first-order valence-electron chi connectivity index (χ1n) is 2.53. The standard InChI is InChI=1S/C5HN3O3/c9-2-6-3-1-7-8-5(11)4(3)10/h1H. The molecule has 0 atom stereocenters. The van der Waals surface area contributed by atoms with Gasteiger partial charge in [-0.3, -0.25) is 9.59 Å². The maximum Gasteiger partial charge on any atom is 0.338 e. The van der Waals surface area contributed by atoms with E-state index in [-0.39, 0.29) is 5.70 Å². The third-order valence-electron chi connectivity index (χ3n) is 0.922. The zero-order chi connectivity index (χ0) is 8.27. The SMILES string of the molecule is O=C=NC1=CN=NC(=O)C1=O. The van der Waals surface area contributed by atoms with Crippen molar-refractivity contribution in [2.75, 3.05) is 0 Å². The number of hydrogen-bond donors (Lipinski definition) is 0. The molecule has 0 aliphatic carbocycles. The minimum atomic E-state index is -1.03. The molecule has 0 bridgehead atoms. The lowest BCUT2D eigenvalue weighted by Gasteiger charge is -1.94. The van der Waals surface area contributed by atoms with Gasteiger partial charge in [0.25, 0.3) is 5.78 Å². The maximum atomic E-state index is 10.7. The van der Waals surface area contributed by atoms with Gasteiger partial charge in [-0.15, -0.1) is 5.11 Å². The van der Waals surface area contributed by atoms with Crippen LogP contribution in [0.15, 0.2) is 27.1 Å². The zero-order valence-electron chi connectivity index (χ0n) is 5.14. The average Bonchev–Trinajstić information content (AvgIpc) is 1.99. The predicted molar refractivity (Wildman–Crippen MR) is 31.1 cm³/mol. The third-order valence-corrected chi connectivity index (χ3v) is 0.922. The van der Waals surface area contributed by atoms with E-state index < -0.39 is 11.7 Å². The van der Waals surface area contributed by atoms with Crippen LogP contribution in [0.2, 0.25) is 0 Å². The van der Waals surface area contributed by atoms with Gasteiger partial charge in [-0.1, -0.05) is 0 Å². The minimum absolute atomic E-state index is 0.333. The van der Waals surface area contributed by atoms with Gasteiger partial charge in [0, 0.05) is 0 Å². The number of amides is 1. The molecular formula is C5HN3O3. The highest BCUT2D eigenvalue weighted by Gasteiger charge is 2.21. The van der Waals surface area contributed by atoms with Crippen LogP contribution in [0.4, 0.5) is 0 Å². The van der Waals surface area contributed by atoms with Crippen LogP contribution < -0.4 is 0 Å². The van der Waals surface area contributed by atoms with E-state index in [1.165, 1.54) is 0 Å². The lowest BCUT2D eigenvalue weighted by Crippen LogP contribution is -2.14. The van der Waals surface area contributed by atoms with Crippen molar-refractivity contribution in [1.82, 2.24) is 0 Å². The second-order valence-electron chi connectivity index (χ2n) is 1.57. The van der Waals surface area contributed by atoms with Crippen molar-refractivity contribution in [2.24, 2.45) is 15.2 Å². The molecule has 0 fully saturated rings. The van der Waals surface area contributed by atoms with E-state index in [1.807, 2.05) is 0 Å². The number of azo groups is 1. The van der Waals surface area contributed by atoms with Gasteiger partial charge in [0.2, 0.25) is 6.08 Å². The molecule has 0 aromatic heterocycles. The Morgan fingerprint density at radius 3 is 2.82 bits per heavy atom. The van der Waals surface area contributed by atoms with E-state index in [4.69, 9.17) is 0 Å². The quantitative estimate of drug-likeness (QED) is 0.293. The molecule has 1 aliphatic rings. The number of aliphatic imine (C=N–C) groups is 1. The van der Waals surface area contributed by atoms with Crippen LogP contribution in [0.3, 0.4) is 0 Å². The first kappa shape index (κ1) is 7.17. The number of carbonyl (C=O) groups excluding carboxylic acids is 3. The molecule has 1 aliphatic heterocycles. The van der Waals surface area contributed by atoms with Crippen molar-refractivity contribution < 1.29 is 14.4 Å². The van der Waals surface area contributed by atoms with E-state index in [0.29, 0.717) is 0 Å². The van der Waals surface area contributed by atoms with Gasteiger partial charge in [0.05, 0.1) is 6.20 Å². The summed E-state index contributed by atoms with van der Waals surface area (Å²) in [7, 11) is 0. The molecule has 0 unspecified atom stereocenters. The number of ketones is 1. The highest BCUT2D eigenvalue weighted by molar-refractivity contribution is 6.43. The van der Waals surface area contributed by atoms with E-state index in [0.717, 1.165) is 12.3 Å². The van der Waals surface area contributed by atoms with Gasteiger partial charge in [0.1, 0.15) is 5.70 Å². The molecule has 6 heteroatoms. The summed E-state index contributed by atoms with van der Waals surface area (Å²) < 4.78 is 0. The zero-order valence-corrected chi connectivity index (χ0v) is 5.14. The Morgan fingerprint density at radius 1 is 1.45 bits per heavy atom. The van der Waals surface area contributed by atoms with Crippen molar-refractivity contribution in [2.45, 2.75) is 0 Å². The Kier molecular flexibility index (Phi) is 1.80. The van der Waals surface area contributed by atoms with Gasteiger partial charge in [-0.25, -0.2) is 4.79 Å². The molecule has 0 aromatic rings. The van der Waals surface area contributed by atoms with Crippen molar-refractivity contribution >= 4 is 17.8 Å². The number of Topliss-reactive ketones (excluding diaryl/α,β-unsaturated/α-hetero) is 1. The highest BCUT2D eigenvalue weighted by Crippen LogP contribution is 2.05. The molecule has 0 radical (unpaired) electrons. The summed E-state index contributed by atoms with van der Waals surface area (Å²) in [6.45, 7) is 0. The van der Waals surface area contributed by atoms with E-state index in [9.17, 15) is 14.4 Å². The van der Waals surface area contributed by atoms with E-state index in [2.05, 4.69) is 15.2 Å². The summed E-state index contributed by atoms with van der Waals surface area (Å²) in [4.78, 5) is 33.7. The van der Waals surface area contributed by atoms with E-state index >= 15 is 0 Å². The summed E-state index contributed by atoms with van der Waals surface area (Å²) in [5.74, 6) is -1.97. The van der Waals surface area contributed by atoms with Crippen LogP contribution in [-0.2, 0) is 14.4 Å². The van der Waals surface area contributed by atoms with Crippen LogP contribution >= 0.6 is 0 Å².